The Balaban J connectivity index is 1.84. The summed E-state index contributed by atoms with van der Waals surface area (Å²) in [6.07, 6.45) is 6.14. The first-order valence-electron chi connectivity index (χ1n) is 11.1. The van der Waals surface area contributed by atoms with Crippen LogP contribution in [0.1, 0.15) is 28.7 Å². The number of nitrogens with one attached hydrogen (secondary N) is 1. The van der Waals surface area contributed by atoms with Crippen LogP contribution in [0.15, 0.2) is 49.1 Å². The van der Waals surface area contributed by atoms with Crippen LogP contribution in [0.25, 0.3) is 17.1 Å². The van der Waals surface area contributed by atoms with E-state index in [4.69, 9.17) is 9.47 Å². The minimum absolute atomic E-state index is 0.177. The zero-order valence-electron chi connectivity index (χ0n) is 20.8. The Morgan fingerprint density at radius 3 is 2.22 bits per heavy atom. The second-order valence-electron chi connectivity index (χ2n) is 8.18. The number of hydrogen-bond donors (Lipinski definition) is 1. The molecule has 0 saturated heterocycles. The molecule has 1 aromatic carbocycles. The van der Waals surface area contributed by atoms with Gasteiger partial charge in [-0.1, -0.05) is 6.07 Å². The molecule has 12 nitrogen and oxygen atoms in total. The lowest BCUT2D eigenvalue weighted by Crippen LogP contribution is -2.34. The summed E-state index contributed by atoms with van der Waals surface area (Å²) >= 11 is 0. The van der Waals surface area contributed by atoms with Gasteiger partial charge in [-0.25, -0.2) is 18.4 Å². The maximum absolute atomic E-state index is 13.3. The number of nitrogens with zero attached hydrogens (tertiary/aromatic N) is 6. The maximum atomic E-state index is 13.3. The number of methoxy groups -OCH3 is 2. The van der Waals surface area contributed by atoms with E-state index in [-0.39, 0.29) is 17.6 Å². The quantitative estimate of drug-likeness (QED) is 0.324. The van der Waals surface area contributed by atoms with E-state index in [0.717, 1.165) is 11.1 Å². The van der Waals surface area contributed by atoms with Crippen LogP contribution in [-0.2, 0) is 10.0 Å². The summed E-state index contributed by atoms with van der Waals surface area (Å²) in [7, 11) is -1.37. The van der Waals surface area contributed by atoms with E-state index in [1.54, 1.807) is 37.5 Å². The summed E-state index contributed by atoms with van der Waals surface area (Å²) in [5, 5.41) is 6.81. The predicted octanol–water partition coefficient (Wildman–Crippen LogP) is 2.77. The number of pyridine rings is 1. The predicted molar refractivity (Wildman–Crippen MR) is 136 cm³/mol. The molecule has 192 valence electrons. The number of hydrogen-bond acceptors (Lipinski definition) is 10. The topological polar surface area (TPSA) is 151 Å². The molecular formula is C24H25N7O5S. The molecule has 0 unspecified atom stereocenters. The molecule has 0 amide bonds. The molecule has 0 aliphatic carbocycles. The summed E-state index contributed by atoms with van der Waals surface area (Å²) in [6.45, 7) is 4.88. The number of ketones is 1. The number of carbonyl (C=O) groups is 1. The third-order valence-electron chi connectivity index (χ3n) is 5.49. The zero-order chi connectivity index (χ0) is 26.7. The van der Waals surface area contributed by atoms with Gasteiger partial charge in [0.25, 0.3) is 0 Å². The number of benzene rings is 1. The van der Waals surface area contributed by atoms with Crippen molar-refractivity contribution in [1.82, 2.24) is 29.7 Å². The first kappa shape index (κ1) is 25.7. The zero-order valence-corrected chi connectivity index (χ0v) is 21.6. The number of rotatable bonds is 9. The molecule has 0 spiro atoms. The van der Waals surface area contributed by atoms with E-state index >= 15 is 0 Å². The molecule has 1 N–H and O–H groups in total. The molecule has 0 radical (unpaired) electrons. The Labute approximate surface area is 213 Å². The fourth-order valence-electron chi connectivity index (χ4n) is 3.54. The highest BCUT2D eigenvalue weighted by atomic mass is 32.2. The number of sulfonamides is 1. The highest BCUT2D eigenvalue weighted by Crippen LogP contribution is 2.37. The van der Waals surface area contributed by atoms with E-state index in [2.05, 4.69) is 29.9 Å². The first-order chi connectivity index (χ1) is 17.7. The van der Waals surface area contributed by atoms with E-state index in [0.29, 0.717) is 22.7 Å². The van der Waals surface area contributed by atoms with Gasteiger partial charge in [0.05, 0.1) is 14.2 Å². The average molecular weight is 524 g/mol. The lowest BCUT2D eigenvalue weighted by atomic mass is 10.2. The van der Waals surface area contributed by atoms with Crippen LogP contribution in [0.2, 0.25) is 0 Å². The SMILES string of the molecule is COc1cccc(OC)c1-n1c(NS(=O)(=O)[C@H](C)C(=O)c2ncc(C)cn2)nnc1-c1cncc(C)c1. The minimum Gasteiger partial charge on any atom is -0.494 e. The number of anilines is 1. The van der Waals surface area contributed by atoms with Crippen molar-refractivity contribution in [1.29, 1.82) is 0 Å². The minimum atomic E-state index is -4.32. The van der Waals surface area contributed by atoms with Crippen LogP contribution in [0.5, 0.6) is 11.5 Å². The molecule has 3 aromatic heterocycles. The normalized spacial score (nSPS) is 12.1. The van der Waals surface area contributed by atoms with E-state index in [9.17, 15) is 13.2 Å². The molecule has 4 rings (SSSR count). The molecule has 37 heavy (non-hydrogen) atoms. The van der Waals surface area contributed by atoms with Crippen molar-refractivity contribution >= 4 is 21.8 Å². The van der Waals surface area contributed by atoms with Crippen molar-refractivity contribution in [2.45, 2.75) is 26.0 Å². The average Bonchev–Trinajstić information content (AvgIpc) is 3.29. The van der Waals surface area contributed by atoms with Crippen molar-refractivity contribution in [3.63, 3.8) is 0 Å². The Morgan fingerprint density at radius 1 is 0.973 bits per heavy atom. The summed E-state index contributed by atoms with van der Waals surface area (Å²) in [6, 6.07) is 6.94. The van der Waals surface area contributed by atoms with E-state index in [1.165, 1.54) is 38.1 Å². The van der Waals surface area contributed by atoms with E-state index in [1.807, 2.05) is 13.0 Å². The van der Waals surface area contributed by atoms with Gasteiger partial charge in [0.15, 0.2) is 11.6 Å². The van der Waals surface area contributed by atoms with Gasteiger partial charge in [0, 0.05) is 30.4 Å². The number of carbonyl (C=O) groups excluding carboxylic acids is 1. The number of aryl methyl sites for hydroxylation is 2. The summed E-state index contributed by atoms with van der Waals surface area (Å²) in [5.74, 6) is -0.127. The Bertz CT molecular complexity index is 1530. The van der Waals surface area contributed by atoms with Crippen molar-refractivity contribution < 1.29 is 22.7 Å². The van der Waals surface area contributed by atoms with Crippen LogP contribution < -0.4 is 14.2 Å². The second kappa shape index (κ2) is 10.3. The van der Waals surface area contributed by atoms with Crippen LogP contribution in [0.3, 0.4) is 0 Å². The van der Waals surface area contributed by atoms with Crippen molar-refractivity contribution in [2.24, 2.45) is 0 Å². The molecule has 0 aliphatic rings. The molecule has 13 heteroatoms. The van der Waals surface area contributed by atoms with Crippen LogP contribution in [-0.4, -0.2) is 63.4 Å². The standard InChI is InChI=1S/C24H25N7O5S/c1-14-9-17(13-25-10-14)23-28-29-24(31(23)20-18(35-4)7-6-8-19(20)36-5)30-37(33,34)16(3)21(32)22-26-11-15(2)12-27-22/h6-13,16H,1-5H3,(H,29,30)/t16-/m1/s1. The molecule has 0 fully saturated rings. The Morgan fingerprint density at radius 2 is 1.62 bits per heavy atom. The number of para-hydroxylation sites is 1. The lowest BCUT2D eigenvalue weighted by molar-refractivity contribution is 0.0981. The van der Waals surface area contributed by atoms with Gasteiger partial charge in [-0.3, -0.25) is 19.1 Å². The van der Waals surface area contributed by atoms with Crippen LogP contribution in [0, 0.1) is 13.8 Å². The van der Waals surface area contributed by atoms with Gasteiger partial charge in [0.2, 0.25) is 21.8 Å². The smallest absolute Gasteiger partial charge is 0.245 e. The van der Waals surface area contributed by atoms with Gasteiger partial charge in [0.1, 0.15) is 22.4 Å². The fourth-order valence-corrected chi connectivity index (χ4v) is 4.49. The second-order valence-corrected chi connectivity index (χ2v) is 10.2. The summed E-state index contributed by atoms with van der Waals surface area (Å²) in [4.78, 5) is 25.0. The Hall–Kier alpha value is -4.39. The number of aromatic nitrogens is 6. The third kappa shape index (κ3) is 5.11. The third-order valence-corrected chi connectivity index (χ3v) is 7.10. The van der Waals surface area contributed by atoms with Gasteiger partial charge in [-0.2, -0.15) is 0 Å². The van der Waals surface area contributed by atoms with Crippen LogP contribution in [0.4, 0.5) is 5.95 Å². The molecule has 0 saturated carbocycles. The lowest BCUT2D eigenvalue weighted by Gasteiger charge is -2.18. The maximum Gasteiger partial charge on any atom is 0.245 e. The fraction of sp³-hybridized carbons (Fsp3) is 0.250. The highest BCUT2D eigenvalue weighted by molar-refractivity contribution is 7.94. The largest absolute Gasteiger partial charge is 0.494 e. The van der Waals surface area contributed by atoms with Gasteiger partial charge >= 0.3 is 0 Å². The molecule has 3 heterocycles. The van der Waals surface area contributed by atoms with Gasteiger partial charge in [-0.05, 0) is 50.1 Å². The van der Waals surface area contributed by atoms with Gasteiger partial charge < -0.3 is 9.47 Å². The van der Waals surface area contributed by atoms with E-state index < -0.39 is 21.1 Å². The summed E-state index contributed by atoms with van der Waals surface area (Å²) in [5.41, 5.74) is 2.52. The molecule has 4 aromatic rings. The summed E-state index contributed by atoms with van der Waals surface area (Å²) < 4.78 is 41.6. The van der Waals surface area contributed by atoms with Gasteiger partial charge in [-0.15, -0.1) is 10.2 Å². The van der Waals surface area contributed by atoms with Crippen molar-refractivity contribution in [3.05, 3.63) is 66.0 Å². The highest BCUT2D eigenvalue weighted by Gasteiger charge is 2.33. The molecule has 1 atom stereocenters. The molecule has 0 bridgehead atoms. The number of ether oxygens (including phenoxy) is 2. The van der Waals surface area contributed by atoms with Crippen LogP contribution >= 0.6 is 0 Å². The number of Topliss-reactive ketones (excluding diaryl/α,β-unsaturated/α-hetero) is 1. The van der Waals surface area contributed by atoms with Crippen molar-refractivity contribution in [3.8, 4) is 28.6 Å². The Kier molecular flexibility index (Phi) is 7.16. The molecular weight excluding hydrogens is 498 g/mol. The monoisotopic (exact) mass is 523 g/mol. The van der Waals surface area contributed by atoms with Crippen molar-refractivity contribution in [2.75, 3.05) is 18.9 Å². The first-order valence-corrected chi connectivity index (χ1v) is 12.6. The molecule has 0 aliphatic heterocycles.